The second kappa shape index (κ2) is 5.26. The lowest BCUT2D eigenvalue weighted by atomic mass is 10.1. The topological polar surface area (TPSA) is 62.7 Å². The molecular weight excluding hydrogens is 288 g/mol. The standard InChI is InChI=1S/C15H15ClN4O/c1-9(21)17-8-11-5-10-6-13(16)12(7-15(10)18-11)14-3-4-20(2)19-14/h3-7,18H,8H2,1-2H3,(H,17,21). The van der Waals surface area contributed by atoms with Crippen LogP contribution in [0.1, 0.15) is 12.6 Å². The van der Waals surface area contributed by atoms with E-state index in [0.717, 1.165) is 27.9 Å². The highest BCUT2D eigenvalue weighted by Crippen LogP contribution is 2.31. The number of hydrogen-bond donors (Lipinski definition) is 2. The minimum Gasteiger partial charge on any atom is -0.357 e. The number of fused-ring (bicyclic) bond motifs is 1. The number of aromatic nitrogens is 3. The van der Waals surface area contributed by atoms with Gasteiger partial charge in [-0.2, -0.15) is 5.10 Å². The van der Waals surface area contributed by atoms with Crippen LogP contribution in [0.2, 0.25) is 5.02 Å². The summed E-state index contributed by atoms with van der Waals surface area (Å²) in [4.78, 5) is 14.3. The molecule has 2 N–H and O–H groups in total. The molecule has 0 aliphatic carbocycles. The number of H-pyrrole nitrogens is 1. The van der Waals surface area contributed by atoms with Gasteiger partial charge in [-0.1, -0.05) is 11.6 Å². The molecule has 0 saturated heterocycles. The van der Waals surface area contributed by atoms with Crippen molar-refractivity contribution in [2.45, 2.75) is 13.5 Å². The summed E-state index contributed by atoms with van der Waals surface area (Å²) in [5, 5.41) is 8.82. The fourth-order valence-corrected chi connectivity index (χ4v) is 2.55. The van der Waals surface area contributed by atoms with Crippen LogP contribution in [0.3, 0.4) is 0 Å². The van der Waals surface area contributed by atoms with E-state index >= 15 is 0 Å². The highest BCUT2D eigenvalue weighted by atomic mass is 35.5. The molecule has 3 rings (SSSR count). The summed E-state index contributed by atoms with van der Waals surface area (Å²) in [6.45, 7) is 1.97. The van der Waals surface area contributed by atoms with Crippen LogP contribution >= 0.6 is 11.6 Å². The SMILES string of the molecule is CC(=O)NCc1cc2cc(Cl)c(-c3ccn(C)n3)cc2[nH]1. The molecule has 0 unspecified atom stereocenters. The molecule has 3 aromatic rings. The van der Waals surface area contributed by atoms with Gasteiger partial charge in [0.2, 0.25) is 5.91 Å². The molecule has 1 aromatic carbocycles. The fourth-order valence-electron chi connectivity index (χ4n) is 2.28. The first kappa shape index (κ1) is 13.7. The van der Waals surface area contributed by atoms with Gasteiger partial charge in [0.05, 0.1) is 17.3 Å². The van der Waals surface area contributed by atoms with Crippen LogP contribution in [0.15, 0.2) is 30.5 Å². The van der Waals surface area contributed by atoms with Gasteiger partial charge in [0, 0.05) is 42.3 Å². The Morgan fingerprint density at radius 2 is 2.24 bits per heavy atom. The zero-order chi connectivity index (χ0) is 15.0. The second-order valence-corrected chi connectivity index (χ2v) is 5.41. The van der Waals surface area contributed by atoms with Gasteiger partial charge in [0.15, 0.2) is 0 Å². The number of carbonyl (C=O) groups is 1. The number of nitrogens with zero attached hydrogens (tertiary/aromatic N) is 2. The predicted molar refractivity (Wildman–Crippen MR) is 83.0 cm³/mol. The third-order valence-corrected chi connectivity index (χ3v) is 3.59. The van der Waals surface area contributed by atoms with Crippen molar-refractivity contribution in [1.29, 1.82) is 0 Å². The minimum atomic E-state index is -0.0548. The van der Waals surface area contributed by atoms with E-state index < -0.39 is 0 Å². The lowest BCUT2D eigenvalue weighted by Gasteiger charge is -2.01. The van der Waals surface area contributed by atoms with Gasteiger partial charge in [-0.15, -0.1) is 0 Å². The summed E-state index contributed by atoms with van der Waals surface area (Å²) in [5.41, 5.74) is 3.63. The third-order valence-electron chi connectivity index (χ3n) is 3.28. The molecule has 21 heavy (non-hydrogen) atoms. The second-order valence-electron chi connectivity index (χ2n) is 5.00. The van der Waals surface area contributed by atoms with Crippen LogP contribution in [-0.4, -0.2) is 20.7 Å². The van der Waals surface area contributed by atoms with E-state index in [1.54, 1.807) is 4.68 Å². The van der Waals surface area contributed by atoms with E-state index in [4.69, 9.17) is 11.6 Å². The van der Waals surface area contributed by atoms with Crippen LogP contribution in [-0.2, 0) is 18.4 Å². The van der Waals surface area contributed by atoms with Gasteiger partial charge in [-0.05, 0) is 24.3 Å². The first-order valence-corrected chi connectivity index (χ1v) is 6.96. The Kier molecular flexibility index (Phi) is 3.43. The van der Waals surface area contributed by atoms with E-state index in [-0.39, 0.29) is 5.91 Å². The molecule has 5 nitrogen and oxygen atoms in total. The van der Waals surface area contributed by atoms with E-state index in [1.807, 2.05) is 37.5 Å². The molecule has 0 bridgehead atoms. The zero-order valence-corrected chi connectivity index (χ0v) is 12.5. The van der Waals surface area contributed by atoms with Crippen molar-refractivity contribution >= 4 is 28.4 Å². The van der Waals surface area contributed by atoms with Gasteiger partial charge in [-0.3, -0.25) is 9.48 Å². The van der Waals surface area contributed by atoms with E-state index in [0.29, 0.717) is 11.6 Å². The quantitative estimate of drug-likeness (QED) is 0.781. The number of amides is 1. The van der Waals surface area contributed by atoms with Gasteiger partial charge in [-0.25, -0.2) is 0 Å². The molecule has 2 heterocycles. The highest BCUT2D eigenvalue weighted by Gasteiger charge is 2.10. The molecule has 0 atom stereocenters. The Morgan fingerprint density at radius 3 is 2.90 bits per heavy atom. The minimum absolute atomic E-state index is 0.0548. The molecule has 0 spiro atoms. The van der Waals surface area contributed by atoms with Gasteiger partial charge < -0.3 is 10.3 Å². The number of aromatic amines is 1. The fraction of sp³-hybridized carbons (Fsp3) is 0.200. The number of hydrogen-bond acceptors (Lipinski definition) is 2. The monoisotopic (exact) mass is 302 g/mol. The highest BCUT2D eigenvalue weighted by molar-refractivity contribution is 6.34. The lowest BCUT2D eigenvalue weighted by Crippen LogP contribution is -2.18. The van der Waals surface area contributed by atoms with Crippen molar-refractivity contribution in [3.05, 3.63) is 41.2 Å². The maximum Gasteiger partial charge on any atom is 0.217 e. The first-order valence-electron chi connectivity index (χ1n) is 6.58. The molecule has 0 aliphatic rings. The molecule has 6 heteroatoms. The Labute approximate surface area is 126 Å². The molecule has 108 valence electrons. The van der Waals surface area contributed by atoms with Crippen molar-refractivity contribution in [3.63, 3.8) is 0 Å². The lowest BCUT2D eigenvalue weighted by molar-refractivity contribution is -0.119. The van der Waals surface area contributed by atoms with Gasteiger partial charge in [0.25, 0.3) is 0 Å². The average molecular weight is 303 g/mol. The van der Waals surface area contributed by atoms with Crippen LogP contribution in [0.5, 0.6) is 0 Å². The summed E-state index contributed by atoms with van der Waals surface area (Å²) in [7, 11) is 1.87. The molecule has 0 aliphatic heterocycles. The zero-order valence-electron chi connectivity index (χ0n) is 11.8. The summed E-state index contributed by atoms with van der Waals surface area (Å²) in [5.74, 6) is -0.0548. The van der Waals surface area contributed by atoms with Crippen molar-refractivity contribution in [2.24, 2.45) is 7.05 Å². The number of carbonyl (C=O) groups excluding carboxylic acids is 1. The number of rotatable bonds is 3. The third kappa shape index (κ3) is 2.78. The van der Waals surface area contributed by atoms with Crippen LogP contribution in [0.4, 0.5) is 0 Å². The summed E-state index contributed by atoms with van der Waals surface area (Å²) in [6, 6.07) is 7.81. The van der Waals surface area contributed by atoms with E-state index in [9.17, 15) is 4.79 Å². The van der Waals surface area contributed by atoms with Crippen molar-refractivity contribution in [3.8, 4) is 11.3 Å². The van der Waals surface area contributed by atoms with Gasteiger partial charge >= 0.3 is 0 Å². The largest absolute Gasteiger partial charge is 0.357 e. The first-order chi connectivity index (χ1) is 10.0. The Morgan fingerprint density at radius 1 is 1.43 bits per heavy atom. The normalized spacial score (nSPS) is 11.0. The average Bonchev–Trinajstić information content (AvgIpc) is 3.01. The molecular formula is C15H15ClN4O. The van der Waals surface area contributed by atoms with E-state index in [1.165, 1.54) is 6.92 Å². The van der Waals surface area contributed by atoms with Crippen LogP contribution < -0.4 is 5.32 Å². The van der Waals surface area contributed by atoms with Crippen molar-refractivity contribution in [2.75, 3.05) is 0 Å². The Hall–Kier alpha value is -2.27. The van der Waals surface area contributed by atoms with Crippen molar-refractivity contribution < 1.29 is 4.79 Å². The van der Waals surface area contributed by atoms with E-state index in [2.05, 4.69) is 15.4 Å². The Bertz CT molecular complexity index is 818. The molecule has 2 aromatic heterocycles. The summed E-state index contributed by atoms with van der Waals surface area (Å²) >= 11 is 6.35. The van der Waals surface area contributed by atoms with Crippen LogP contribution in [0, 0.1) is 0 Å². The maximum absolute atomic E-state index is 11.0. The molecule has 0 saturated carbocycles. The van der Waals surface area contributed by atoms with Crippen molar-refractivity contribution in [1.82, 2.24) is 20.1 Å². The summed E-state index contributed by atoms with van der Waals surface area (Å²) in [6.07, 6.45) is 1.88. The molecule has 0 radical (unpaired) electrons. The number of halogens is 1. The Balaban J connectivity index is 2.00. The molecule has 1 amide bonds. The maximum atomic E-state index is 11.0. The number of nitrogens with one attached hydrogen (secondary N) is 2. The molecule has 0 fully saturated rings. The predicted octanol–water partition coefficient (Wildman–Crippen LogP) is 2.86. The van der Waals surface area contributed by atoms with Crippen LogP contribution in [0.25, 0.3) is 22.2 Å². The smallest absolute Gasteiger partial charge is 0.217 e. The number of benzene rings is 1. The van der Waals surface area contributed by atoms with Gasteiger partial charge in [0.1, 0.15) is 0 Å². The summed E-state index contributed by atoms with van der Waals surface area (Å²) < 4.78 is 1.74. The number of aryl methyl sites for hydroxylation is 1.